The number of methoxy groups -OCH3 is 2. The number of nitrogens with two attached hydrogens (primary N) is 1. The Kier molecular flexibility index (Phi) is 20.9. The Morgan fingerprint density at radius 1 is 0.542 bits per heavy atom. The number of esters is 2. The molecule has 0 heterocycles. The maximum Gasteiger partial charge on any atom is 0.308 e. The van der Waals surface area contributed by atoms with Crippen molar-refractivity contribution in [3.63, 3.8) is 0 Å². The van der Waals surface area contributed by atoms with Crippen LogP contribution in [0.25, 0.3) is 0 Å². The fourth-order valence-electron chi connectivity index (χ4n) is 6.36. The van der Waals surface area contributed by atoms with Gasteiger partial charge in [0.25, 0.3) is 0 Å². The SMILES string of the molecule is CCCC(=O)N[C@H](CC(=O)NC(c1ccccc1)(c1ccccc1)c1ccccc1)C(=O)C[C@@H](C)C(=O)OC.CCCC(=O)N[C@H](CC(N)=O)C(=O)C[C@@H](C)C(=O)OC. The first kappa shape index (κ1) is 49.0. The first-order valence-electron chi connectivity index (χ1n) is 19.7. The van der Waals surface area contributed by atoms with E-state index < -0.39 is 64.8 Å². The smallest absolute Gasteiger partial charge is 0.308 e. The number of carbonyl (C=O) groups is 8. The van der Waals surface area contributed by atoms with E-state index in [0.29, 0.717) is 12.8 Å². The number of Topliss-reactive ketones (excluding diaryl/α,β-unsaturated/α-hetero) is 2. The molecule has 318 valence electrons. The van der Waals surface area contributed by atoms with Crippen LogP contribution in [0.2, 0.25) is 0 Å². The molecule has 0 spiro atoms. The van der Waals surface area contributed by atoms with Crippen LogP contribution in [0.15, 0.2) is 91.0 Å². The Morgan fingerprint density at radius 2 is 0.881 bits per heavy atom. The van der Waals surface area contributed by atoms with Crippen molar-refractivity contribution < 1.29 is 47.8 Å². The maximum atomic E-state index is 13.8. The van der Waals surface area contributed by atoms with Gasteiger partial charge >= 0.3 is 11.9 Å². The molecule has 0 fully saturated rings. The molecule has 0 aliphatic carbocycles. The van der Waals surface area contributed by atoms with Crippen LogP contribution in [0.1, 0.15) is 95.8 Å². The molecule has 0 aromatic heterocycles. The summed E-state index contributed by atoms with van der Waals surface area (Å²) in [5, 5.41) is 8.41. The number of hydrogen-bond donors (Lipinski definition) is 4. The molecule has 0 saturated heterocycles. The van der Waals surface area contributed by atoms with Gasteiger partial charge in [-0.1, -0.05) is 119 Å². The van der Waals surface area contributed by atoms with Crippen molar-refractivity contribution in [3.05, 3.63) is 108 Å². The normalized spacial score (nSPS) is 12.8. The Hall–Kier alpha value is -6.18. The van der Waals surface area contributed by atoms with Crippen LogP contribution < -0.4 is 21.7 Å². The maximum absolute atomic E-state index is 13.8. The topological polar surface area (TPSA) is 217 Å². The van der Waals surface area contributed by atoms with Crippen LogP contribution in [-0.4, -0.2) is 73.4 Å². The van der Waals surface area contributed by atoms with Crippen LogP contribution in [0, 0.1) is 11.8 Å². The molecule has 0 aliphatic heterocycles. The molecule has 5 N–H and O–H groups in total. The van der Waals surface area contributed by atoms with Crippen LogP contribution in [-0.2, 0) is 53.4 Å². The molecule has 3 rings (SSSR count). The third kappa shape index (κ3) is 15.6. The fraction of sp³-hybridized carbons (Fsp3) is 0.422. The van der Waals surface area contributed by atoms with Crippen molar-refractivity contribution in [3.8, 4) is 0 Å². The standard InChI is InChI=1S/C32H36N2O5.C13H22N2O5/c1-4-14-29(36)33-27(28(35)21-23(2)31(38)39-3)22-30(37)34-32(24-15-8-5-9-16-24,25-17-10-6-11-18-25)26-19-12-7-13-20-26;1-4-5-12(18)15-9(7-11(14)17)10(16)6-8(2)13(19)20-3/h5-13,15-20,23,27H,4,14,21-22H2,1-3H3,(H,33,36)(H,34,37);8-9H,4-7H2,1-3H3,(H2,14,17)(H,15,18)/t23-,27-;8-,9-/m11/s1. The third-order valence-corrected chi connectivity index (χ3v) is 9.37. The fourth-order valence-corrected chi connectivity index (χ4v) is 6.36. The molecule has 14 heteroatoms. The summed E-state index contributed by atoms with van der Waals surface area (Å²) >= 11 is 0. The van der Waals surface area contributed by atoms with Gasteiger partial charge in [0.05, 0.1) is 51.0 Å². The van der Waals surface area contributed by atoms with E-state index in [0.717, 1.165) is 16.7 Å². The van der Waals surface area contributed by atoms with Crippen molar-refractivity contribution in [2.24, 2.45) is 17.6 Å². The summed E-state index contributed by atoms with van der Waals surface area (Å²) in [6.07, 6.45) is 0.876. The average molecular weight is 815 g/mol. The molecular weight excluding hydrogens is 757 g/mol. The van der Waals surface area contributed by atoms with Crippen molar-refractivity contribution in [1.82, 2.24) is 16.0 Å². The van der Waals surface area contributed by atoms with E-state index >= 15 is 0 Å². The minimum atomic E-state index is -1.09. The molecule has 0 radical (unpaired) electrons. The molecule has 0 saturated carbocycles. The molecule has 4 amide bonds. The van der Waals surface area contributed by atoms with E-state index in [-0.39, 0.29) is 50.3 Å². The molecule has 0 unspecified atom stereocenters. The molecule has 3 aromatic carbocycles. The lowest BCUT2D eigenvalue weighted by molar-refractivity contribution is -0.147. The third-order valence-electron chi connectivity index (χ3n) is 9.37. The number of carbonyl (C=O) groups excluding carboxylic acids is 8. The predicted octanol–water partition coefficient (Wildman–Crippen LogP) is 4.45. The quantitative estimate of drug-likeness (QED) is 0.0825. The van der Waals surface area contributed by atoms with Crippen LogP contribution in [0.5, 0.6) is 0 Å². The highest BCUT2D eigenvalue weighted by atomic mass is 16.5. The second kappa shape index (κ2) is 25.2. The number of hydrogen-bond acceptors (Lipinski definition) is 10. The summed E-state index contributed by atoms with van der Waals surface area (Å²) in [7, 11) is 2.49. The number of rotatable bonds is 22. The van der Waals surface area contributed by atoms with Gasteiger partial charge in [-0.15, -0.1) is 0 Å². The summed E-state index contributed by atoms with van der Waals surface area (Å²) in [4.78, 5) is 97.2. The minimum Gasteiger partial charge on any atom is -0.469 e. The lowest BCUT2D eigenvalue weighted by Crippen LogP contribution is -2.51. The first-order chi connectivity index (χ1) is 28.1. The number of primary amides is 1. The number of amides is 4. The number of ketones is 2. The van der Waals surface area contributed by atoms with Gasteiger partial charge in [-0.2, -0.15) is 0 Å². The Morgan fingerprint density at radius 3 is 1.19 bits per heavy atom. The number of ether oxygens (including phenoxy) is 2. The highest BCUT2D eigenvalue weighted by Gasteiger charge is 2.39. The van der Waals surface area contributed by atoms with E-state index in [2.05, 4.69) is 20.7 Å². The van der Waals surface area contributed by atoms with Gasteiger partial charge in [0, 0.05) is 25.7 Å². The van der Waals surface area contributed by atoms with E-state index in [1.54, 1.807) is 13.8 Å². The van der Waals surface area contributed by atoms with E-state index in [4.69, 9.17) is 10.5 Å². The lowest BCUT2D eigenvalue weighted by atomic mass is 9.76. The lowest BCUT2D eigenvalue weighted by Gasteiger charge is -2.37. The average Bonchev–Trinajstić information content (AvgIpc) is 3.22. The minimum absolute atomic E-state index is 0.114. The molecule has 0 bridgehead atoms. The van der Waals surface area contributed by atoms with Crippen LogP contribution >= 0.6 is 0 Å². The van der Waals surface area contributed by atoms with Gasteiger partial charge in [0.1, 0.15) is 5.54 Å². The molecule has 4 atom stereocenters. The van der Waals surface area contributed by atoms with Crippen molar-refractivity contribution in [2.45, 2.75) is 96.7 Å². The second-order valence-electron chi connectivity index (χ2n) is 14.2. The first-order valence-corrected chi connectivity index (χ1v) is 19.7. The summed E-state index contributed by atoms with van der Waals surface area (Å²) in [5.41, 5.74) is 6.53. The van der Waals surface area contributed by atoms with Gasteiger partial charge in [-0.25, -0.2) is 0 Å². The van der Waals surface area contributed by atoms with E-state index in [9.17, 15) is 38.4 Å². The van der Waals surface area contributed by atoms with Crippen molar-refractivity contribution in [2.75, 3.05) is 14.2 Å². The Balaban J connectivity index is 0.000000507. The van der Waals surface area contributed by atoms with E-state index in [1.165, 1.54) is 14.2 Å². The molecule has 0 aliphatic rings. The summed E-state index contributed by atoms with van der Waals surface area (Å²) in [6.45, 7) is 6.80. The van der Waals surface area contributed by atoms with Gasteiger partial charge in [0.2, 0.25) is 23.6 Å². The summed E-state index contributed by atoms with van der Waals surface area (Å²) in [5.74, 6) is -4.95. The highest BCUT2D eigenvalue weighted by molar-refractivity contribution is 5.96. The molecule has 14 nitrogen and oxygen atoms in total. The second-order valence-corrected chi connectivity index (χ2v) is 14.2. The van der Waals surface area contributed by atoms with Gasteiger partial charge in [0.15, 0.2) is 11.6 Å². The number of benzene rings is 3. The van der Waals surface area contributed by atoms with E-state index in [1.807, 2.05) is 105 Å². The summed E-state index contributed by atoms with van der Waals surface area (Å²) in [6, 6.07) is 26.8. The zero-order valence-electron chi connectivity index (χ0n) is 34.8. The zero-order valence-corrected chi connectivity index (χ0v) is 34.8. The van der Waals surface area contributed by atoms with Crippen molar-refractivity contribution in [1.29, 1.82) is 0 Å². The molecular formula is C45H58N4O10. The number of nitrogens with one attached hydrogen (secondary N) is 3. The highest BCUT2D eigenvalue weighted by Crippen LogP contribution is 2.37. The Labute approximate surface area is 346 Å². The largest absolute Gasteiger partial charge is 0.469 e. The monoisotopic (exact) mass is 814 g/mol. The summed E-state index contributed by atoms with van der Waals surface area (Å²) < 4.78 is 9.27. The predicted molar refractivity (Wildman–Crippen MR) is 221 cm³/mol. The molecule has 3 aromatic rings. The van der Waals surface area contributed by atoms with Gasteiger partial charge in [-0.05, 0) is 29.5 Å². The van der Waals surface area contributed by atoms with Crippen LogP contribution in [0.3, 0.4) is 0 Å². The van der Waals surface area contributed by atoms with Gasteiger partial charge in [-0.3, -0.25) is 38.4 Å². The van der Waals surface area contributed by atoms with Crippen molar-refractivity contribution >= 4 is 47.1 Å². The zero-order chi connectivity index (χ0) is 44.0. The Bertz CT molecular complexity index is 1760. The van der Waals surface area contributed by atoms with Gasteiger partial charge < -0.3 is 31.2 Å². The molecule has 59 heavy (non-hydrogen) atoms. The van der Waals surface area contributed by atoms with Crippen LogP contribution in [0.4, 0.5) is 0 Å².